The first kappa shape index (κ1) is 17.0. The highest BCUT2D eigenvalue weighted by Gasteiger charge is 2.22. The van der Waals surface area contributed by atoms with Crippen molar-refractivity contribution in [2.45, 2.75) is 45.4 Å². The third-order valence-electron chi connectivity index (χ3n) is 4.60. The maximum Gasteiger partial charge on any atom is 0.122 e. The van der Waals surface area contributed by atoms with Gasteiger partial charge in [-0.1, -0.05) is 12.1 Å². The summed E-state index contributed by atoms with van der Waals surface area (Å²) in [5.41, 5.74) is 2.42. The quantitative estimate of drug-likeness (QED) is 0.884. The van der Waals surface area contributed by atoms with Crippen molar-refractivity contribution in [3.63, 3.8) is 0 Å². The van der Waals surface area contributed by atoms with Crippen molar-refractivity contribution in [3.05, 3.63) is 47.8 Å². The Morgan fingerprint density at radius 3 is 2.75 bits per heavy atom. The molecular weight excluding hydrogens is 302 g/mol. The average Bonchev–Trinajstić information content (AvgIpc) is 3.05. The van der Waals surface area contributed by atoms with E-state index in [0.29, 0.717) is 13.1 Å². The van der Waals surface area contributed by atoms with Gasteiger partial charge in [0, 0.05) is 32.0 Å². The second-order valence-electron chi connectivity index (χ2n) is 6.77. The third-order valence-corrected chi connectivity index (χ3v) is 4.60. The van der Waals surface area contributed by atoms with Gasteiger partial charge in [-0.3, -0.25) is 4.68 Å². The molecule has 3 rings (SSSR count). The average molecular weight is 329 g/mol. The Hall–Kier alpha value is -1.85. The lowest BCUT2D eigenvalue weighted by Crippen LogP contribution is -2.42. The smallest absolute Gasteiger partial charge is 0.122 e. The molecule has 1 aliphatic heterocycles. The van der Waals surface area contributed by atoms with Gasteiger partial charge >= 0.3 is 0 Å². The van der Waals surface area contributed by atoms with Crippen LogP contribution in [0, 0.1) is 13.8 Å². The molecule has 24 heavy (non-hydrogen) atoms. The molecule has 0 bridgehead atoms. The number of likely N-dealkylation sites (tertiary alicyclic amines) is 1. The van der Waals surface area contributed by atoms with E-state index >= 15 is 0 Å². The zero-order chi connectivity index (χ0) is 16.9. The SMILES string of the molecule is Cc1ccc(C)c(OC2CCN(C[C@H](O)Cn3cccn3)CC2)c1. The molecule has 1 fully saturated rings. The van der Waals surface area contributed by atoms with Crippen LogP contribution in [0.1, 0.15) is 24.0 Å². The number of piperidine rings is 1. The fraction of sp³-hybridized carbons (Fsp3) is 0.526. The van der Waals surface area contributed by atoms with Gasteiger partial charge in [0.25, 0.3) is 0 Å². The minimum absolute atomic E-state index is 0.269. The van der Waals surface area contributed by atoms with Gasteiger partial charge in [-0.15, -0.1) is 0 Å². The van der Waals surface area contributed by atoms with Crippen LogP contribution in [0.3, 0.4) is 0 Å². The summed E-state index contributed by atoms with van der Waals surface area (Å²) in [6.45, 7) is 7.35. The van der Waals surface area contributed by atoms with Crippen molar-refractivity contribution in [3.8, 4) is 5.75 Å². The van der Waals surface area contributed by atoms with E-state index in [1.165, 1.54) is 11.1 Å². The van der Waals surface area contributed by atoms with Crippen LogP contribution in [0.5, 0.6) is 5.75 Å². The van der Waals surface area contributed by atoms with Crippen LogP contribution in [0.15, 0.2) is 36.7 Å². The van der Waals surface area contributed by atoms with Crippen LogP contribution in [-0.2, 0) is 6.54 Å². The van der Waals surface area contributed by atoms with Gasteiger partial charge in [0.2, 0.25) is 0 Å². The summed E-state index contributed by atoms with van der Waals surface area (Å²) in [4.78, 5) is 2.32. The molecule has 2 heterocycles. The van der Waals surface area contributed by atoms with E-state index in [4.69, 9.17) is 4.74 Å². The number of aliphatic hydroxyl groups is 1. The van der Waals surface area contributed by atoms with Gasteiger partial charge in [0.15, 0.2) is 0 Å². The van der Waals surface area contributed by atoms with Gasteiger partial charge < -0.3 is 14.7 Å². The highest BCUT2D eigenvalue weighted by Crippen LogP contribution is 2.24. The van der Waals surface area contributed by atoms with Crippen LogP contribution in [0.25, 0.3) is 0 Å². The molecule has 5 heteroatoms. The molecule has 0 spiro atoms. The topological polar surface area (TPSA) is 50.5 Å². The summed E-state index contributed by atoms with van der Waals surface area (Å²) < 4.78 is 7.98. The number of aryl methyl sites for hydroxylation is 2. The van der Waals surface area contributed by atoms with Gasteiger partial charge in [-0.2, -0.15) is 5.10 Å². The van der Waals surface area contributed by atoms with Crippen molar-refractivity contribution in [1.29, 1.82) is 0 Å². The number of nitrogens with zero attached hydrogens (tertiary/aromatic N) is 3. The predicted molar refractivity (Wildman–Crippen MR) is 94.2 cm³/mol. The number of hydrogen-bond acceptors (Lipinski definition) is 4. The maximum atomic E-state index is 10.2. The summed E-state index contributed by atoms with van der Waals surface area (Å²) in [5, 5.41) is 14.3. The van der Waals surface area contributed by atoms with E-state index in [2.05, 4.69) is 42.0 Å². The molecule has 0 radical (unpaired) electrons. The minimum Gasteiger partial charge on any atom is -0.490 e. The molecule has 1 atom stereocenters. The summed E-state index contributed by atoms with van der Waals surface area (Å²) in [6, 6.07) is 8.23. The molecule has 0 saturated carbocycles. The molecule has 2 aromatic rings. The van der Waals surface area contributed by atoms with Gasteiger partial charge in [0.05, 0.1) is 12.6 Å². The molecule has 1 aromatic carbocycles. The molecule has 1 aromatic heterocycles. The fourth-order valence-electron chi connectivity index (χ4n) is 3.20. The van der Waals surface area contributed by atoms with Crippen molar-refractivity contribution in [2.24, 2.45) is 0 Å². The normalized spacial score (nSPS) is 17.8. The van der Waals surface area contributed by atoms with E-state index in [1.54, 1.807) is 10.9 Å². The largest absolute Gasteiger partial charge is 0.490 e. The number of benzene rings is 1. The highest BCUT2D eigenvalue weighted by atomic mass is 16.5. The second-order valence-corrected chi connectivity index (χ2v) is 6.77. The number of β-amino-alcohol motifs (C(OH)–C–C–N with tert-alkyl or cyclic N) is 1. The fourth-order valence-corrected chi connectivity index (χ4v) is 3.20. The lowest BCUT2D eigenvalue weighted by Gasteiger charge is -2.33. The van der Waals surface area contributed by atoms with Gasteiger partial charge in [-0.05, 0) is 49.9 Å². The van der Waals surface area contributed by atoms with Crippen molar-refractivity contribution in [1.82, 2.24) is 14.7 Å². The number of rotatable bonds is 6. The molecule has 130 valence electrons. The number of aliphatic hydroxyl groups excluding tert-OH is 1. The van der Waals surface area contributed by atoms with Crippen molar-refractivity contribution < 1.29 is 9.84 Å². The van der Waals surface area contributed by atoms with E-state index in [1.807, 2.05) is 12.3 Å². The molecular formula is C19H27N3O2. The zero-order valence-corrected chi connectivity index (χ0v) is 14.6. The summed E-state index contributed by atoms with van der Waals surface area (Å²) in [5.74, 6) is 1.01. The van der Waals surface area contributed by atoms with Crippen molar-refractivity contribution >= 4 is 0 Å². The maximum absolute atomic E-state index is 10.2. The summed E-state index contributed by atoms with van der Waals surface area (Å²) in [6.07, 6.45) is 5.51. The summed E-state index contributed by atoms with van der Waals surface area (Å²) in [7, 11) is 0. The first-order chi connectivity index (χ1) is 11.6. The van der Waals surface area contributed by atoms with Crippen LogP contribution < -0.4 is 4.74 Å². The monoisotopic (exact) mass is 329 g/mol. The number of ether oxygens (including phenoxy) is 1. The Labute approximate surface area is 143 Å². The molecule has 0 aliphatic carbocycles. The summed E-state index contributed by atoms with van der Waals surface area (Å²) >= 11 is 0. The lowest BCUT2D eigenvalue weighted by atomic mass is 10.1. The molecule has 1 saturated heterocycles. The predicted octanol–water partition coefficient (Wildman–Crippen LogP) is 2.40. The Morgan fingerprint density at radius 2 is 2.04 bits per heavy atom. The number of aromatic nitrogens is 2. The Morgan fingerprint density at radius 1 is 1.25 bits per heavy atom. The van der Waals surface area contributed by atoms with Crippen LogP contribution >= 0.6 is 0 Å². The second kappa shape index (κ2) is 7.81. The van der Waals surface area contributed by atoms with E-state index in [-0.39, 0.29) is 12.2 Å². The lowest BCUT2D eigenvalue weighted by molar-refractivity contribution is 0.0532. The zero-order valence-electron chi connectivity index (χ0n) is 14.6. The third kappa shape index (κ3) is 4.58. The first-order valence-corrected chi connectivity index (χ1v) is 8.72. The highest BCUT2D eigenvalue weighted by molar-refractivity contribution is 5.36. The van der Waals surface area contributed by atoms with Crippen molar-refractivity contribution in [2.75, 3.05) is 19.6 Å². The van der Waals surface area contributed by atoms with E-state index in [9.17, 15) is 5.11 Å². The molecule has 0 amide bonds. The minimum atomic E-state index is -0.388. The molecule has 1 aliphatic rings. The van der Waals surface area contributed by atoms with Crippen LogP contribution in [0.2, 0.25) is 0 Å². The number of hydrogen-bond donors (Lipinski definition) is 1. The Kier molecular flexibility index (Phi) is 5.53. The van der Waals surface area contributed by atoms with Gasteiger partial charge in [0.1, 0.15) is 11.9 Å². The van der Waals surface area contributed by atoms with E-state index < -0.39 is 0 Å². The van der Waals surface area contributed by atoms with Gasteiger partial charge in [-0.25, -0.2) is 0 Å². The Balaban J connectivity index is 1.44. The molecule has 5 nitrogen and oxygen atoms in total. The standard InChI is InChI=1S/C19H27N3O2/c1-15-4-5-16(2)19(12-15)24-18-6-10-21(11-7-18)13-17(23)14-22-9-3-8-20-22/h3-5,8-9,12,17-18,23H,6-7,10-11,13-14H2,1-2H3/t17-/m0/s1. The molecule has 0 unspecified atom stereocenters. The Bertz CT molecular complexity index is 634. The molecule has 1 N–H and O–H groups in total. The first-order valence-electron chi connectivity index (χ1n) is 8.72. The van der Waals surface area contributed by atoms with Crippen LogP contribution in [0.4, 0.5) is 0 Å². The van der Waals surface area contributed by atoms with E-state index in [0.717, 1.165) is 31.7 Å². The van der Waals surface area contributed by atoms with Crippen LogP contribution in [-0.4, -0.2) is 51.6 Å².